The van der Waals surface area contributed by atoms with Crippen LogP contribution in [0.4, 0.5) is 0 Å². The lowest BCUT2D eigenvalue weighted by atomic mass is 9.82. The summed E-state index contributed by atoms with van der Waals surface area (Å²) in [6.45, 7) is 9.21. The lowest BCUT2D eigenvalue weighted by Gasteiger charge is -2.38. The summed E-state index contributed by atoms with van der Waals surface area (Å²) in [6, 6.07) is 7.84. The quantitative estimate of drug-likeness (QED) is 0.567. The molecule has 1 aromatic carbocycles. The average molecular weight is 395 g/mol. The van der Waals surface area contributed by atoms with Crippen LogP contribution in [0.3, 0.4) is 0 Å². The summed E-state index contributed by atoms with van der Waals surface area (Å²) in [4.78, 5) is 12.1. The largest absolute Gasteiger partial charge is 0.497 e. The van der Waals surface area contributed by atoms with Crippen molar-refractivity contribution < 1.29 is 10.1 Å². The highest BCUT2D eigenvalue weighted by Gasteiger charge is 2.43. The second-order valence-corrected chi connectivity index (χ2v) is 9.80. The van der Waals surface area contributed by atoms with Crippen LogP contribution in [-0.2, 0) is 12.0 Å². The minimum atomic E-state index is 0.0261. The normalized spacial score (nSPS) is 17.8. The minimum Gasteiger partial charge on any atom is -0.497 e. The number of fused-ring (bicyclic) bond motifs is 5. The van der Waals surface area contributed by atoms with E-state index < -0.39 is 0 Å². The first-order valence-corrected chi connectivity index (χ1v) is 10.3. The predicted octanol–water partition coefficient (Wildman–Crippen LogP) is 3.15. The molecule has 0 radical (unpaired) electrons. The Kier molecular flexibility index (Phi) is 3.61. The molecule has 28 heavy (non-hydrogen) atoms. The lowest BCUT2D eigenvalue weighted by molar-refractivity contribution is -0.789. The van der Waals surface area contributed by atoms with Gasteiger partial charge in [0, 0.05) is 12.0 Å². The van der Waals surface area contributed by atoms with E-state index in [4.69, 9.17) is 14.7 Å². The van der Waals surface area contributed by atoms with Crippen molar-refractivity contribution in [3.63, 3.8) is 0 Å². The van der Waals surface area contributed by atoms with Gasteiger partial charge in [-0.1, -0.05) is 0 Å². The van der Waals surface area contributed by atoms with Gasteiger partial charge >= 0.3 is 0 Å². The fraction of sp³-hybridized carbons (Fsp3) is 0.381. The zero-order valence-corrected chi connectivity index (χ0v) is 17.6. The van der Waals surface area contributed by atoms with Crippen molar-refractivity contribution in [2.75, 3.05) is 7.11 Å². The molecule has 6 nitrogen and oxygen atoms in total. The fourth-order valence-corrected chi connectivity index (χ4v) is 5.78. The van der Waals surface area contributed by atoms with Crippen LogP contribution >= 0.6 is 11.3 Å². The number of methoxy groups -OCH3 is 1. The molecule has 0 bridgehead atoms. The van der Waals surface area contributed by atoms with Gasteiger partial charge in [-0.15, -0.1) is 16.4 Å². The first-order chi connectivity index (χ1) is 13.3. The molecule has 1 aliphatic rings. The van der Waals surface area contributed by atoms with Crippen LogP contribution < -0.4 is 10.1 Å². The molecule has 1 aliphatic heterocycles. The molecule has 0 unspecified atom stereocenters. The average Bonchev–Trinajstić information content (AvgIpc) is 3.22. The number of hydrogen-bond acceptors (Lipinski definition) is 5. The highest BCUT2D eigenvalue weighted by Crippen LogP contribution is 2.41. The number of ether oxygens (including phenoxy) is 1. The Labute approximate surface area is 167 Å². The van der Waals surface area contributed by atoms with Gasteiger partial charge < -0.3 is 10.1 Å². The molecule has 0 saturated carbocycles. The third-order valence-electron chi connectivity index (χ3n) is 5.45. The topological polar surface area (TPSA) is 68.9 Å². The number of nitrogens with zero attached hydrogens (tertiary/aromatic N) is 4. The Morgan fingerprint density at radius 1 is 1.14 bits per heavy atom. The van der Waals surface area contributed by atoms with Gasteiger partial charge in [0.05, 0.1) is 22.9 Å². The molecule has 4 heterocycles. The summed E-state index contributed by atoms with van der Waals surface area (Å²) in [5.74, 6) is 1.53. The van der Waals surface area contributed by atoms with Crippen molar-refractivity contribution in [3.8, 4) is 17.1 Å². The van der Waals surface area contributed by atoms with Gasteiger partial charge in [0.2, 0.25) is 0 Å². The molecular weight excluding hydrogens is 370 g/mol. The summed E-state index contributed by atoms with van der Waals surface area (Å²) in [5.41, 5.74) is 3.40. The third-order valence-corrected chi connectivity index (χ3v) is 6.92. The van der Waals surface area contributed by atoms with E-state index in [2.05, 4.69) is 38.1 Å². The van der Waals surface area contributed by atoms with Crippen molar-refractivity contribution in [2.24, 2.45) is 0 Å². The third kappa shape index (κ3) is 2.61. The van der Waals surface area contributed by atoms with Crippen molar-refractivity contribution in [1.82, 2.24) is 19.6 Å². The lowest BCUT2D eigenvalue weighted by Crippen LogP contribution is -3.03. The van der Waals surface area contributed by atoms with Crippen molar-refractivity contribution in [2.45, 2.75) is 45.2 Å². The predicted molar refractivity (Wildman–Crippen MR) is 111 cm³/mol. The molecule has 0 spiro atoms. The van der Waals surface area contributed by atoms with E-state index in [1.165, 1.54) is 10.4 Å². The Hall–Kier alpha value is -2.51. The van der Waals surface area contributed by atoms with Gasteiger partial charge in [-0.3, -0.25) is 0 Å². The molecule has 0 amide bonds. The van der Waals surface area contributed by atoms with Crippen LogP contribution in [0.25, 0.3) is 27.3 Å². The molecule has 0 saturated heterocycles. The highest BCUT2D eigenvalue weighted by atomic mass is 32.1. The van der Waals surface area contributed by atoms with E-state index in [-0.39, 0.29) is 11.1 Å². The molecule has 3 aromatic heterocycles. The standard InChI is InChI=1S/C21H23N5OS/c1-20(2)10-14-15-18-23-17(12-6-8-13(27-5)9-7-12)24-26(18)11-22-19(15)28-16(14)21(3,4)25-20/h6-9,11,25H,10H2,1-5H3/p+1. The molecule has 0 atom stereocenters. The van der Waals surface area contributed by atoms with E-state index >= 15 is 0 Å². The van der Waals surface area contributed by atoms with Gasteiger partial charge in [0.1, 0.15) is 22.4 Å². The second kappa shape index (κ2) is 5.75. The van der Waals surface area contributed by atoms with Crippen LogP contribution in [0, 0.1) is 0 Å². The summed E-state index contributed by atoms with van der Waals surface area (Å²) in [7, 11) is 1.67. The molecular formula is C21H24N5OS+. The number of hydrogen-bond donors (Lipinski definition) is 1. The van der Waals surface area contributed by atoms with Gasteiger partial charge in [0.25, 0.3) is 0 Å². The van der Waals surface area contributed by atoms with Gasteiger partial charge in [-0.2, -0.15) is 0 Å². The number of benzene rings is 1. The maximum atomic E-state index is 5.25. The van der Waals surface area contributed by atoms with Gasteiger partial charge in [-0.25, -0.2) is 14.5 Å². The van der Waals surface area contributed by atoms with Gasteiger partial charge in [-0.05, 0) is 57.5 Å². The minimum absolute atomic E-state index is 0.0261. The Morgan fingerprint density at radius 3 is 2.61 bits per heavy atom. The Bertz CT molecular complexity index is 1200. The number of rotatable bonds is 2. The maximum Gasteiger partial charge on any atom is 0.182 e. The van der Waals surface area contributed by atoms with Crippen LogP contribution in [0.15, 0.2) is 30.6 Å². The van der Waals surface area contributed by atoms with E-state index in [1.54, 1.807) is 24.8 Å². The molecule has 5 rings (SSSR count). The number of quaternary nitrogens is 1. The molecule has 144 valence electrons. The Morgan fingerprint density at radius 2 is 1.89 bits per heavy atom. The number of thiophene rings is 1. The van der Waals surface area contributed by atoms with Crippen molar-refractivity contribution in [3.05, 3.63) is 41.0 Å². The van der Waals surface area contributed by atoms with Crippen molar-refractivity contribution >= 4 is 27.2 Å². The zero-order valence-electron chi connectivity index (χ0n) is 16.8. The van der Waals surface area contributed by atoms with E-state index in [0.717, 1.165) is 33.6 Å². The summed E-state index contributed by atoms with van der Waals surface area (Å²) >= 11 is 1.79. The molecule has 2 N–H and O–H groups in total. The zero-order chi connectivity index (χ0) is 19.7. The van der Waals surface area contributed by atoms with E-state index in [1.807, 2.05) is 28.8 Å². The van der Waals surface area contributed by atoms with Crippen LogP contribution in [-0.4, -0.2) is 32.2 Å². The number of aromatic nitrogens is 4. The summed E-state index contributed by atoms with van der Waals surface area (Å²) < 4.78 is 7.07. The smallest absolute Gasteiger partial charge is 0.182 e. The first-order valence-electron chi connectivity index (χ1n) is 9.46. The summed E-state index contributed by atoms with van der Waals surface area (Å²) in [6.07, 6.45) is 2.78. The molecule has 7 heteroatoms. The monoisotopic (exact) mass is 394 g/mol. The number of nitrogens with two attached hydrogens (primary N) is 1. The SMILES string of the molecule is COc1ccc(-c2nc3c4c5c(sc4ncn3n2)C(C)(C)[NH2+]C(C)(C)C5)cc1. The highest BCUT2D eigenvalue weighted by molar-refractivity contribution is 7.19. The summed E-state index contributed by atoms with van der Waals surface area (Å²) in [5, 5.41) is 8.32. The molecule has 4 aromatic rings. The van der Waals surface area contributed by atoms with Crippen LogP contribution in [0.2, 0.25) is 0 Å². The second-order valence-electron chi connectivity index (χ2n) is 8.80. The first kappa shape index (κ1) is 17.6. The molecule has 0 fully saturated rings. The van der Waals surface area contributed by atoms with E-state index in [9.17, 15) is 0 Å². The van der Waals surface area contributed by atoms with Gasteiger partial charge in [0.15, 0.2) is 11.5 Å². The van der Waals surface area contributed by atoms with Crippen LogP contribution in [0.5, 0.6) is 5.75 Å². The maximum absolute atomic E-state index is 5.25. The van der Waals surface area contributed by atoms with Crippen LogP contribution in [0.1, 0.15) is 38.1 Å². The fourth-order valence-electron chi connectivity index (χ4n) is 4.56. The molecule has 0 aliphatic carbocycles. The van der Waals surface area contributed by atoms with Crippen molar-refractivity contribution in [1.29, 1.82) is 0 Å². The van der Waals surface area contributed by atoms with E-state index in [0.29, 0.717) is 5.82 Å². The Balaban J connectivity index is 1.74.